The number of methoxy groups -OCH3 is 1. The van der Waals surface area contributed by atoms with E-state index in [0.717, 1.165) is 58.0 Å². The number of carbonyl (C=O) groups is 1. The fourth-order valence-electron chi connectivity index (χ4n) is 4.27. The van der Waals surface area contributed by atoms with E-state index < -0.39 is 0 Å². The Labute approximate surface area is 212 Å². The van der Waals surface area contributed by atoms with Gasteiger partial charge in [-0.05, 0) is 92.4 Å². The summed E-state index contributed by atoms with van der Waals surface area (Å²) in [6.45, 7) is 2.09. The van der Waals surface area contributed by atoms with E-state index in [1.54, 1.807) is 22.7 Å². The average Bonchev–Trinajstić information content (AvgIpc) is 3.31. The number of nitrogens with zero attached hydrogens (tertiary/aromatic N) is 1. The molecule has 0 atom stereocenters. The van der Waals surface area contributed by atoms with Gasteiger partial charge < -0.3 is 15.4 Å². The second-order valence-corrected chi connectivity index (χ2v) is 11.0. The molecule has 0 saturated carbocycles. The van der Waals surface area contributed by atoms with Gasteiger partial charge in [-0.25, -0.2) is 9.78 Å². The van der Waals surface area contributed by atoms with Crippen LogP contribution >= 0.6 is 34.9 Å². The minimum absolute atomic E-state index is 0.305. The number of hydrogen-bond donors (Lipinski definition) is 2. The first-order valence-electron chi connectivity index (χ1n) is 11.3. The molecule has 2 N–H and O–H groups in total. The number of thiophene rings is 1. The summed E-state index contributed by atoms with van der Waals surface area (Å²) in [5.74, 6) is -0.305. The van der Waals surface area contributed by atoms with Crippen molar-refractivity contribution in [3.05, 3.63) is 64.0 Å². The van der Waals surface area contributed by atoms with Gasteiger partial charge in [0.25, 0.3) is 0 Å². The van der Waals surface area contributed by atoms with Crippen molar-refractivity contribution in [1.29, 1.82) is 0 Å². The predicted octanol–water partition coefficient (Wildman–Crippen LogP) is 7.20. The number of anilines is 2. The molecule has 5 nitrogen and oxygen atoms in total. The topological polar surface area (TPSA) is 63.2 Å². The first-order chi connectivity index (χ1) is 16.5. The quantitative estimate of drug-likeness (QED) is 0.173. The maximum atomic E-state index is 12.6. The lowest BCUT2D eigenvalue weighted by atomic mass is 10.1. The van der Waals surface area contributed by atoms with Crippen LogP contribution < -0.4 is 10.6 Å². The summed E-state index contributed by atoms with van der Waals surface area (Å²) in [7, 11) is 1.43. The molecular weight excluding hydrogens is 483 g/mol. The van der Waals surface area contributed by atoms with E-state index in [0.29, 0.717) is 10.7 Å². The molecule has 0 bridgehead atoms. The molecule has 0 saturated heterocycles. The maximum Gasteiger partial charge on any atom is 0.341 e. The molecule has 34 heavy (non-hydrogen) atoms. The van der Waals surface area contributed by atoms with Crippen LogP contribution in [0.2, 0.25) is 0 Å². The lowest BCUT2D eigenvalue weighted by Gasteiger charge is -2.11. The van der Waals surface area contributed by atoms with Crippen LogP contribution in [0.25, 0.3) is 20.8 Å². The fourth-order valence-corrected chi connectivity index (χ4v) is 6.90. The number of aromatic nitrogens is 1. The van der Waals surface area contributed by atoms with Gasteiger partial charge in [0.1, 0.15) is 10.0 Å². The van der Waals surface area contributed by atoms with Gasteiger partial charge in [0, 0.05) is 16.1 Å². The monoisotopic (exact) mass is 507 g/mol. The molecule has 5 rings (SSSR count). The zero-order valence-electron chi connectivity index (χ0n) is 19.1. The lowest BCUT2D eigenvalue weighted by Crippen LogP contribution is -2.20. The normalized spacial score (nSPS) is 13.2. The molecular formula is C26H25N3O2S3. The van der Waals surface area contributed by atoms with E-state index >= 15 is 0 Å². The predicted molar refractivity (Wildman–Crippen MR) is 147 cm³/mol. The second kappa shape index (κ2) is 9.82. The molecule has 1 aliphatic rings. The molecule has 1 aliphatic carbocycles. The summed E-state index contributed by atoms with van der Waals surface area (Å²) in [6.07, 6.45) is 5.34. The SMILES string of the molecule is COC(=O)c1c(NC(=S)Nc2ccc(-c3nc4ccc(C)cc4s3)cc2)sc2c1CCCCC2. The molecule has 2 aromatic carbocycles. The number of thiazole rings is 1. The van der Waals surface area contributed by atoms with Crippen LogP contribution in [-0.2, 0) is 17.6 Å². The van der Waals surface area contributed by atoms with E-state index in [1.165, 1.54) is 28.7 Å². The van der Waals surface area contributed by atoms with E-state index in [1.807, 2.05) is 24.3 Å². The average molecular weight is 508 g/mol. The van der Waals surface area contributed by atoms with E-state index in [9.17, 15) is 4.79 Å². The number of fused-ring (bicyclic) bond motifs is 2. The minimum atomic E-state index is -0.305. The summed E-state index contributed by atoms with van der Waals surface area (Å²) in [5.41, 5.74) is 5.95. The van der Waals surface area contributed by atoms with Gasteiger partial charge in [-0.15, -0.1) is 22.7 Å². The van der Waals surface area contributed by atoms with E-state index in [2.05, 4.69) is 35.8 Å². The van der Waals surface area contributed by atoms with Crippen LogP contribution in [0.15, 0.2) is 42.5 Å². The summed E-state index contributed by atoms with van der Waals surface area (Å²) in [5, 5.41) is 8.69. The highest BCUT2D eigenvalue weighted by Crippen LogP contribution is 2.38. The number of ether oxygens (including phenoxy) is 1. The summed E-state index contributed by atoms with van der Waals surface area (Å²) in [4.78, 5) is 18.6. The molecule has 0 amide bonds. The van der Waals surface area contributed by atoms with Crippen molar-refractivity contribution >= 4 is 66.9 Å². The van der Waals surface area contributed by atoms with Crippen LogP contribution in [0.5, 0.6) is 0 Å². The Bertz CT molecular complexity index is 1370. The zero-order valence-corrected chi connectivity index (χ0v) is 21.5. The van der Waals surface area contributed by atoms with Gasteiger partial charge in [-0.1, -0.05) is 12.5 Å². The molecule has 0 unspecified atom stereocenters. The lowest BCUT2D eigenvalue weighted by molar-refractivity contribution is 0.0601. The third-order valence-electron chi connectivity index (χ3n) is 5.97. The minimum Gasteiger partial charge on any atom is -0.465 e. The van der Waals surface area contributed by atoms with Gasteiger partial charge in [0.15, 0.2) is 5.11 Å². The Morgan fingerprint density at radius 1 is 1.03 bits per heavy atom. The number of aryl methyl sites for hydroxylation is 2. The van der Waals surface area contributed by atoms with Crippen LogP contribution in [-0.4, -0.2) is 23.2 Å². The van der Waals surface area contributed by atoms with E-state index in [-0.39, 0.29) is 5.97 Å². The molecule has 0 radical (unpaired) electrons. The zero-order chi connectivity index (χ0) is 23.7. The number of thiocarbonyl (C=S) groups is 1. The van der Waals surface area contributed by atoms with E-state index in [4.69, 9.17) is 21.9 Å². The highest BCUT2D eigenvalue weighted by Gasteiger charge is 2.25. The molecule has 4 aromatic rings. The third kappa shape index (κ3) is 4.71. The van der Waals surface area contributed by atoms with Crippen molar-refractivity contribution in [3.8, 4) is 10.6 Å². The van der Waals surface area contributed by atoms with Crippen molar-refractivity contribution in [2.24, 2.45) is 0 Å². The number of rotatable bonds is 4. The van der Waals surface area contributed by atoms with Crippen molar-refractivity contribution in [3.63, 3.8) is 0 Å². The van der Waals surface area contributed by atoms with Crippen LogP contribution in [0.3, 0.4) is 0 Å². The highest BCUT2D eigenvalue weighted by atomic mass is 32.1. The highest BCUT2D eigenvalue weighted by molar-refractivity contribution is 7.80. The van der Waals surface area contributed by atoms with Gasteiger partial charge >= 0.3 is 5.97 Å². The molecule has 2 heterocycles. The molecule has 0 fully saturated rings. The fraction of sp³-hybridized carbons (Fsp3) is 0.269. The van der Waals surface area contributed by atoms with Crippen LogP contribution in [0.1, 0.15) is 45.6 Å². The molecule has 0 spiro atoms. The standard InChI is InChI=1S/C26H25N3O2S3/c1-15-8-13-19-21(14-15)34-23(28-19)16-9-11-17(12-10-16)27-26(32)29-24-22(25(30)31-2)18-6-4-3-5-7-20(18)33-24/h8-14H,3-7H2,1-2H3,(H2,27,29,32). The molecule has 8 heteroatoms. The maximum absolute atomic E-state index is 12.6. The van der Waals surface area contributed by atoms with Crippen molar-refractivity contribution in [1.82, 2.24) is 4.98 Å². The van der Waals surface area contributed by atoms with Crippen LogP contribution in [0, 0.1) is 6.92 Å². The Hall–Kier alpha value is -2.81. The molecule has 174 valence electrons. The van der Waals surface area contributed by atoms with Gasteiger partial charge in [-0.2, -0.15) is 0 Å². The first kappa shape index (κ1) is 23.0. The van der Waals surface area contributed by atoms with Crippen molar-refractivity contribution < 1.29 is 9.53 Å². The largest absolute Gasteiger partial charge is 0.465 e. The van der Waals surface area contributed by atoms with Crippen molar-refractivity contribution in [2.45, 2.75) is 39.0 Å². The second-order valence-electron chi connectivity index (χ2n) is 8.41. The first-order valence-corrected chi connectivity index (χ1v) is 13.3. The molecule has 2 aromatic heterocycles. The van der Waals surface area contributed by atoms with Crippen LogP contribution in [0.4, 0.5) is 10.7 Å². The Morgan fingerprint density at radius 3 is 2.62 bits per heavy atom. The number of esters is 1. The van der Waals surface area contributed by atoms with Gasteiger partial charge in [-0.3, -0.25) is 0 Å². The number of nitrogens with one attached hydrogen (secondary N) is 2. The number of benzene rings is 2. The smallest absolute Gasteiger partial charge is 0.341 e. The molecule has 0 aliphatic heterocycles. The summed E-state index contributed by atoms with van der Waals surface area (Å²) >= 11 is 8.88. The summed E-state index contributed by atoms with van der Waals surface area (Å²) < 4.78 is 6.28. The van der Waals surface area contributed by atoms with Gasteiger partial charge in [0.2, 0.25) is 0 Å². The Morgan fingerprint density at radius 2 is 1.82 bits per heavy atom. The number of hydrogen-bond acceptors (Lipinski definition) is 6. The Balaban J connectivity index is 1.31. The number of carbonyl (C=O) groups excluding carboxylic acids is 1. The summed E-state index contributed by atoms with van der Waals surface area (Å²) in [6, 6.07) is 14.4. The third-order valence-corrected chi connectivity index (χ3v) is 8.45. The van der Waals surface area contributed by atoms with Gasteiger partial charge in [0.05, 0.1) is 22.9 Å². The Kier molecular flexibility index (Phi) is 6.63. The van der Waals surface area contributed by atoms with Crippen molar-refractivity contribution in [2.75, 3.05) is 17.7 Å².